The minimum atomic E-state index is -4.09. The lowest BCUT2D eigenvalue weighted by Gasteiger charge is -2.16. The average molecular weight is 553 g/mol. The van der Waals surface area contributed by atoms with Gasteiger partial charge in [-0.15, -0.1) is 0 Å². The smallest absolute Gasteiger partial charge is 0.404 e. The van der Waals surface area contributed by atoms with E-state index in [-0.39, 0.29) is 6.61 Å². The van der Waals surface area contributed by atoms with Gasteiger partial charge in [-0.05, 0) is 30.9 Å². The minimum Gasteiger partial charge on any atom is -0.404 e. The molecule has 0 aliphatic carbocycles. The molecular weight excluding hydrogens is 491 g/mol. The topological polar surface area (TPSA) is 55.8 Å². The van der Waals surface area contributed by atoms with Crippen molar-refractivity contribution in [2.45, 2.75) is 168 Å². The molecule has 0 saturated carbocycles. The monoisotopic (exact) mass is 552 g/mol. The molecule has 1 rings (SSSR count). The van der Waals surface area contributed by atoms with E-state index in [4.69, 9.17) is 9.05 Å². The van der Waals surface area contributed by atoms with Gasteiger partial charge in [0, 0.05) is 0 Å². The number of phosphoric acid groups is 1. The Balaban J connectivity index is 2.03. The van der Waals surface area contributed by atoms with Crippen LogP contribution in [0.1, 0.15) is 167 Å². The van der Waals surface area contributed by atoms with Gasteiger partial charge < -0.3 is 4.52 Å². The number of rotatable bonds is 28. The van der Waals surface area contributed by atoms with E-state index in [1.807, 2.05) is 18.2 Å². The minimum absolute atomic E-state index is 0.270. The highest BCUT2D eigenvalue weighted by Crippen LogP contribution is 2.45. The molecule has 0 aromatic heterocycles. The summed E-state index contributed by atoms with van der Waals surface area (Å²) in [6, 6.07) is 7.57. The predicted molar refractivity (Wildman–Crippen MR) is 164 cm³/mol. The van der Waals surface area contributed by atoms with Crippen LogP contribution in [0.3, 0.4) is 0 Å². The predicted octanol–water partition coefficient (Wildman–Crippen LogP) is 11.7. The van der Waals surface area contributed by atoms with Crippen LogP contribution in [0.25, 0.3) is 0 Å². The summed E-state index contributed by atoms with van der Waals surface area (Å²) in [7, 11) is -4.09. The number of para-hydroxylation sites is 1. The van der Waals surface area contributed by atoms with Gasteiger partial charge >= 0.3 is 7.82 Å². The molecule has 222 valence electrons. The number of benzene rings is 1. The van der Waals surface area contributed by atoms with Gasteiger partial charge in [0.2, 0.25) is 0 Å². The van der Waals surface area contributed by atoms with Gasteiger partial charge in [-0.3, -0.25) is 9.42 Å². The molecule has 38 heavy (non-hydrogen) atoms. The Morgan fingerprint density at radius 3 is 1.45 bits per heavy atom. The first-order valence-corrected chi connectivity index (χ1v) is 17.8. The van der Waals surface area contributed by atoms with Gasteiger partial charge in [-0.25, -0.2) is 4.57 Å². The third-order valence-corrected chi connectivity index (χ3v) is 8.42. The fraction of sp³-hybridized carbons (Fsp3) is 0.818. The zero-order chi connectivity index (χ0) is 27.6. The van der Waals surface area contributed by atoms with Gasteiger partial charge in [0.15, 0.2) is 0 Å². The van der Waals surface area contributed by atoms with Crippen molar-refractivity contribution in [3.05, 3.63) is 29.8 Å². The normalized spacial score (nSPS) is 13.0. The van der Waals surface area contributed by atoms with Crippen LogP contribution in [0.2, 0.25) is 0 Å². The van der Waals surface area contributed by atoms with Crippen LogP contribution >= 0.6 is 7.82 Å². The second-order valence-electron chi connectivity index (χ2n) is 11.2. The van der Waals surface area contributed by atoms with Crippen LogP contribution in [-0.2, 0) is 15.5 Å². The Labute approximate surface area is 236 Å². The molecule has 0 fully saturated rings. The quantitative estimate of drug-likeness (QED) is 0.0829. The van der Waals surface area contributed by atoms with Crippen molar-refractivity contribution < 1.29 is 18.5 Å². The molecule has 0 aliphatic rings. The van der Waals surface area contributed by atoms with E-state index in [1.54, 1.807) is 6.07 Å². The first kappa shape index (κ1) is 35.2. The van der Waals surface area contributed by atoms with Gasteiger partial charge in [0.25, 0.3) is 0 Å². The van der Waals surface area contributed by atoms with E-state index in [0.29, 0.717) is 5.75 Å². The highest BCUT2D eigenvalue weighted by Gasteiger charge is 2.23. The zero-order valence-corrected chi connectivity index (χ0v) is 26.0. The molecule has 1 aromatic rings. The second-order valence-corrected chi connectivity index (χ2v) is 12.6. The third-order valence-electron chi connectivity index (χ3n) is 7.49. The average Bonchev–Trinajstić information content (AvgIpc) is 2.90. The van der Waals surface area contributed by atoms with Crippen molar-refractivity contribution >= 4 is 7.82 Å². The van der Waals surface area contributed by atoms with Crippen LogP contribution in [-0.4, -0.2) is 11.5 Å². The zero-order valence-electron chi connectivity index (χ0n) is 25.1. The van der Waals surface area contributed by atoms with Gasteiger partial charge in [0.05, 0.1) is 6.61 Å². The van der Waals surface area contributed by atoms with Gasteiger partial charge in [0.1, 0.15) is 5.75 Å². The van der Waals surface area contributed by atoms with Crippen molar-refractivity contribution in [3.63, 3.8) is 0 Å². The van der Waals surface area contributed by atoms with Crippen LogP contribution in [0.4, 0.5) is 0 Å². The molecular formula is C33H61O4P. The summed E-state index contributed by atoms with van der Waals surface area (Å²) in [5.41, 5.74) is 0.987. The first-order valence-electron chi connectivity index (χ1n) is 16.3. The number of aryl methyl sites for hydroxylation is 1. The molecule has 1 aromatic carbocycles. The summed E-state index contributed by atoms with van der Waals surface area (Å²) in [6.45, 7) is 4.78. The number of hydrogen-bond acceptors (Lipinski definition) is 3. The van der Waals surface area contributed by atoms with E-state index in [9.17, 15) is 9.46 Å². The Morgan fingerprint density at radius 2 is 0.974 bits per heavy atom. The van der Waals surface area contributed by atoms with E-state index in [0.717, 1.165) is 31.2 Å². The Bertz CT molecular complexity index is 693. The maximum absolute atomic E-state index is 12.5. The molecule has 0 aliphatic heterocycles. The van der Waals surface area contributed by atoms with E-state index >= 15 is 0 Å². The fourth-order valence-electron chi connectivity index (χ4n) is 5.05. The van der Waals surface area contributed by atoms with E-state index < -0.39 is 7.82 Å². The Hall–Kier alpha value is -0.830. The van der Waals surface area contributed by atoms with Gasteiger partial charge in [-0.2, -0.15) is 0 Å². The molecule has 0 heterocycles. The second kappa shape index (κ2) is 25.2. The summed E-state index contributed by atoms with van der Waals surface area (Å²) in [6.07, 6.45) is 30.5. The summed E-state index contributed by atoms with van der Waals surface area (Å²) >= 11 is 0. The van der Waals surface area contributed by atoms with Crippen LogP contribution in [0.5, 0.6) is 5.75 Å². The summed E-state index contributed by atoms with van der Waals surface area (Å²) < 4.78 is 23.2. The molecule has 1 atom stereocenters. The standard InChI is InChI=1S/C33H61O4P/c1-3-5-7-9-11-12-13-14-15-16-17-18-19-21-23-27-31-36-38(34,35)37-33-30-26-25-29-32(33)28-24-22-20-10-8-6-4-2/h25-26,29-30H,3-24,27-28,31H2,1-2H3,(H,34,35). The maximum Gasteiger partial charge on any atom is 0.527 e. The summed E-state index contributed by atoms with van der Waals surface area (Å²) in [5, 5.41) is 0. The molecule has 0 amide bonds. The maximum atomic E-state index is 12.5. The lowest BCUT2D eigenvalue weighted by atomic mass is 10.0. The lowest BCUT2D eigenvalue weighted by molar-refractivity contribution is 0.199. The van der Waals surface area contributed by atoms with Gasteiger partial charge in [-0.1, -0.05) is 167 Å². The number of hydrogen-bond donors (Lipinski definition) is 1. The summed E-state index contributed by atoms with van der Waals surface area (Å²) in [4.78, 5) is 10.2. The molecule has 0 spiro atoms. The largest absolute Gasteiger partial charge is 0.527 e. The molecule has 4 nitrogen and oxygen atoms in total. The van der Waals surface area contributed by atoms with Crippen molar-refractivity contribution in [1.29, 1.82) is 0 Å². The number of unbranched alkanes of at least 4 members (excludes halogenated alkanes) is 21. The van der Waals surface area contributed by atoms with E-state index in [2.05, 4.69) is 13.8 Å². The highest BCUT2D eigenvalue weighted by atomic mass is 31.2. The number of phosphoric ester groups is 1. The molecule has 1 N–H and O–H groups in total. The lowest BCUT2D eigenvalue weighted by Crippen LogP contribution is -2.01. The highest BCUT2D eigenvalue weighted by molar-refractivity contribution is 7.47. The SMILES string of the molecule is CCCCCCCCCCCCCCCCCCOP(=O)(O)Oc1ccccc1CCCCCCCCC. The van der Waals surface area contributed by atoms with Crippen molar-refractivity contribution in [1.82, 2.24) is 0 Å². The van der Waals surface area contributed by atoms with Crippen LogP contribution < -0.4 is 4.52 Å². The molecule has 0 saturated heterocycles. The third kappa shape index (κ3) is 21.0. The molecule has 1 unspecified atom stereocenters. The summed E-state index contributed by atoms with van der Waals surface area (Å²) in [5.74, 6) is 0.483. The Kier molecular flexibility index (Phi) is 23.3. The molecule has 0 radical (unpaired) electrons. The van der Waals surface area contributed by atoms with Crippen LogP contribution in [0, 0.1) is 0 Å². The fourth-order valence-corrected chi connectivity index (χ4v) is 5.89. The molecule has 0 bridgehead atoms. The van der Waals surface area contributed by atoms with Crippen molar-refractivity contribution in [2.75, 3.05) is 6.61 Å². The van der Waals surface area contributed by atoms with Crippen molar-refractivity contribution in [2.24, 2.45) is 0 Å². The Morgan fingerprint density at radius 1 is 0.579 bits per heavy atom. The molecule has 5 heteroatoms. The van der Waals surface area contributed by atoms with E-state index in [1.165, 1.54) is 128 Å². The first-order chi connectivity index (χ1) is 18.6. The van der Waals surface area contributed by atoms with Crippen LogP contribution in [0.15, 0.2) is 24.3 Å². The van der Waals surface area contributed by atoms with Crippen molar-refractivity contribution in [3.8, 4) is 5.75 Å².